The number of carbonyl (C=O) groups excluding carboxylic acids is 1. The Labute approximate surface area is 142 Å². The zero-order valence-corrected chi connectivity index (χ0v) is 14.2. The van der Waals surface area contributed by atoms with Crippen LogP contribution in [-0.4, -0.2) is 39.5 Å². The van der Waals surface area contributed by atoms with Gasteiger partial charge in [0.05, 0.1) is 5.56 Å². The summed E-state index contributed by atoms with van der Waals surface area (Å²) in [5.74, 6) is -1.33. The summed E-state index contributed by atoms with van der Waals surface area (Å²) in [4.78, 5) is 29.4. The van der Waals surface area contributed by atoms with Gasteiger partial charge in [0.2, 0.25) is 0 Å². The smallest absolute Gasteiger partial charge is 0.323 e. The molecule has 24 heavy (non-hydrogen) atoms. The summed E-state index contributed by atoms with van der Waals surface area (Å²) in [6.45, 7) is 5.46. The number of benzene rings is 1. The number of pyridine rings is 1. The van der Waals surface area contributed by atoms with Gasteiger partial charge in [0.25, 0.3) is 5.91 Å². The van der Waals surface area contributed by atoms with E-state index in [9.17, 15) is 9.59 Å². The van der Waals surface area contributed by atoms with Crippen molar-refractivity contribution >= 4 is 11.9 Å². The first-order valence-corrected chi connectivity index (χ1v) is 7.97. The van der Waals surface area contributed by atoms with Gasteiger partial charge in [-0.05, 0) is 31.9 Å². The average molecular weight is 326 g/mol. The molecule has 2 rings (SSSR count). The summed E-state index contributed by atoms with van der Waals surface area (Å²) >= 11 is 0. The van der Waals surface area contributed by atoms with E-state index in [1.54, 1.807) is 12.3 Å². The summed E-state index contributed by atoms with van der Waals surface area (Å²) in [5.41, 5.74) is 3.33. The Balaban J connectivity index is 2.35. The van der Waals surface area contributed by atoms with E-state index >= 15 is 0 Å². The molecule has 0 aliphatic heterocycles. The maximum Gasteiger partial charge on any atom is 0.323 e. The molecule has 0 aliphatic rings. The zero-order chi connectivity index (χ0) is 17.7. The van der Waals surface area contributed by atoms with Crippen molar-refractivity contribution in [2.45, 2.75) is 33.2 Å². The predicted octanol–water partition coefficient (Wildman–Crippen LogP) is 3.38. The molecule has 1 aromatic carbocycles. The van der Waals surface area contributed by atoms with E-state index in [2.05, 4.69) is 4.98 Å². The van der Waals surface area contributed by atoms with Gasteiger partial charge < -0.3 is 10.0 Å². The van der Waals surface area contributed by atoms with Crippen LogP contribution < -0.4 is 0 Å². The first kappa shape index (κ1) is 17.7. The number of carboxylic acid groups (broad SMARTS) is 1. The van der Waals surface area contributed by atoms with E-state index < -0.39 is 5.97 Å². The summed E-state index contributed by atoms with van der Waals surface area (Å²) < 4.78 is 0. The molecule has 1 N–H and O–H groups in total. The molecule has 0 saturated heterocycles. The number of aliphatic carboxylic acids is 1. The minimum atomic E-state index is -1.02. The molecular weight excluding hydrogens is 304 g/mol. The minimum Gasteiger partial charge on any atom is -0.480 e. The fraction of sp³-hybridized carbons (Fsp3) is 0.316. The van der Waals surface area contributed by atoms with Crippen molar-refractivity contribution < 1.29 is 14.7 Å². The third-order valence-electron chi connectivity index (χ3n) is 4.03. The van der Waals surface area contributed by atoms with Gasteiger partial charge in [-0.15, -0.1) is 0 Å². The summed E-state index contributed by atoms with van der Waals surface area (Å²) in [7, 11) is 0. The summed E-state index contributed by atoms with van der Waals surface area (Å²) in [6.07, 6.45) is 3.87. The molecule has 0 bridgehead atoms. The van der Waals surface area contributed by atoms with Gasteiger partial charge in [0, 0.05) is 24.0 Å². The van der Waals surface area contributed by atoms with E-state index in [0.717, 1.165) is 16.7 Å². The quantitative estimate of drug-likeness (QED) is 0.883. The number of hydrogen-bond donors (Lipinski definition) is 1. The molecule has 0 saturated carbocycles. The van der Waals surface area contributed by atoms with E-state index in [1.807, 2.05) is 45.0 Å². The maximum absolute atomic E-state index is 12.8. The maximum atomic E-state index is 12.8. The van der Waals surface area contributed by atoms with Crippen molar-refractivity contribution in [3.63, 3.8) is 0 Å². The molecular formula is C19H22N2O3. The molecule has 126 valence electrons. The van der Waals surface area contributed by atoms with Gasteiger partial charge in [-0.25, -0.2) is 0 Å². The number of nitrogens with zero attached hydrogens (tertiary/aromatic N) is 2. The largest absolute Gasteiger partial charge is 0.480 e. The molecule has 1 atom stereocenters. The Morgan fingerprint density at radius 1 is 1.21 bits per heavy atom. The van der Waals surface area contributed by atoms with E-state index in [1.165, 1.54) is 11.1 Å². The fourth-order valence-electron chi connectivity index (χ4n) is 2.50. The van der Waals surface area contributed by atoms with Gasteiger partial charge in [0.15, 0.2) is 0 Å². The minimum absolute atomic E-state index is 0.156. The third-order valence-corrected chi connectivity index (χ3v) is 4.03. The summed E-state index contributed by atoms with van der Waals surface area (Å²) in [6, 6.07) is 9.55. The molecule has 0 radical (unpaired) electrons. The molecule has 5 nitrogen and oxygen atoms in total. The number of hydrogen-bond acceptors (Lipinski definition) is 3. The second kappa shape index (κ2) is 7.73. The lowest BCUT2D eigenvalue weighted by Crippen LogP contribution is -2.41. The highest BCUT2D eigenvalue weighted by Gasteiger charge is 2.23. The molecule has 1 amide bonds. The van der Waals surface area contributed by atoms with Crippen molar-refractivity contribution in [2.24, 2.45) is 0 Å². The monoisotopic (exact) mass is 326 g/mol. The van der Waals surface area contributed by atoms with E-state index in [0.29, 0.717) is 12.0 Å². The van der Waals surface area contributed by atoms with Crippen molar-refractivity contribution in [2.75, 3.05) is 6.54 Å². The number of carbonyl (C=O) groups is 2. The van der Waals surface area contributed by atoms with Crippen LogP contribution in [0.3, 0.4) is 0 Å². The van der Waals surface area contributed by atoms with Crippen LogP contribution in [0, 0.1) is 6.92 Å². The Bertz CT molecular complexity index is 743. The van der Waals surface area contributed by atoms with Crippen molar-refractivity contribution in [3.05, 3.63) is 53.9 Å². The Hall–Kier alpha value is -2.69. The topological polar surface area (TPSA) is 70.5 Å². The highest BCUT2D eigenvalue weighted by molar-refractivity contribution is 5.96. The van der Waals surface area contributed by atoms with Gasteiger partial charge in [-0.3, -0.25) is 14.6 Å². The average Bonchev–Trinajstić information content (AvgIpc) is 2.58. The van der Waals surface area contributed by atoms with E-state index in [-0.39, 0.29) is 18.5 Å². The third kappa shape index (κ3) is 4.19. The standard InChI is InChI=1S/C19H22N2O3/c1-4-14(3)21(12-18(22)23)19(24)17-9-16(10-20-11-17)15-7-5-6-13(2)8-15/h5-11,14H,4,12H2,1-3H3,(H,22,23). The lowest BCUT2D eigenvalue weighted by atomic mass is 10.0. The van der Waals surface area contributed by atoms with Crippen LogP contribution >= 0.6 is 0 Å². The molecule has 1 aromatic heterocycles. The second-order valence-corrected chi connectivity index (χ2v) is 5.92. The normalized spacial score (nSPS) is 11.8. The van der Waals surface area contributed by atoms with Crippen LogP contribution in [0.15, 0.2) is 42.7 Å². The van der Waals surface area contributed by atoms with Crippen LogP contribution in [-0.2, 0) is 4.79 Å². The number of rotatable bonds is 6. The Morgan fingerprint density at radius 2 is 1.96 bits per heavy atom. The first-order chi connectivity index (χ1) is 11.4. The fourth-order valence-corrected chi connectivity index (χ4v) is 2.50. The highest BCUT2D eigenvalue weighted by atomic mass is 16.4. The van der Waals surface area contributed by atoms with Gasteiger partial charge in [0.1, 0.15) is 6.54 Å². The van der Waals surface area contributed by atoms with Crippen LogP contribution in [0.4, 0.5) is 0 Å². The molecule has 2 aromatic rings. The van der Waals surface area contributed by atoms with Crippen molar-refractivity contribution in [3.8, 4) is 11.1 Å². The Morgan fingerprint density at radius 3 is 2.58 bits per heavy atom. The second-order valence-electron chi connectivity index (χ2n) is 5.92. The van der Waals surface area contributed by atoms with E-state index in [4.69, 9.17) is 5.11 Å². The lowest BCUT2D eigenvalue weighted by molar-refractivity contribution is -0.138. The lowest BCUT2D eigenvalue weighted by Gasteiger charge is -2.27. The number of carboxylic acids is 1. The summed E-state index contributed by atoms with van der Waals surface area (Å²) in [5, 5.41) is 9.08. The van der Waals surface area contributed by atoms with Crippen LogP contribution in [0.2, 0.25) is 0 Å². The molecule has 5 heteroatoms. The van der Waals surface area contributed by atoms with Crippen molar-refractivity contribution in [1.82, 2.24) is 9.88 Å². The zero-order valence-electron chi connectivity index (χ0n) is 14.2. The molecule has 1 unspecified atom stereocenters. The van der Waals surface area contributed by atoms with Crippen LogP contribution in [0.5, 0.6) is 0 Å². The predicted molar refractivity (Wildman–Crippen MR) is 92.8 cm³/mol. The Kier molecular flexibility index (Phi) is 5.68. The van der Waals surface area contributed by atoms with Crippen LogP contribution in [0.25, 0.3) is 11.1 Å². The molecule has 1 heterocycles. The van der Waals surface area contributed by atoms with Gasteiger partial charge in [-0.2, -0.15) is 0 Å². The first-order valence-electron chi connectivity index (χ1n) is 7.97. The highest BCUT2D eigenvalue weighted by Crippen LogP contribution is 2.21. The molecule has 0 aliphatic carbocycles. The number of aromatic nitrogens is 1. The molecule has 0 fully saturated rings. The van der Waals surface area contributed by atoms with Crippen LogP contribution in [0.1, 0.15) is 36.2 Å². The number of aryl methyl sites for hydroxylation is 1. The number of amides is 1. The SMILES string of the molecule is CCC(C)N(CC(=O)O)C(=O)c1cncc(-c2cccc(C)c2)c1. The molecule has 0 spiro atoms. The van der Waals surface area contributed by atoms with Gasteiger partial charge in [-0.1, -0.05) is 36.8 Å². The van der Waals surface area contributed by atoms with Gasteiger partial charge >= 0.3 is 5.97 Å². The van der Waals surface area contributed by atoms with Crippen molar-refractivity contribution in [1.29, 1.82) is 0 Å².